The van der Waals surface area contributed by atoms with Crippen LogP contribution in [0.5, 0.6) is 0 Å². The summed E-state index contributed by atoms with van der Waals surface area (Å²) < 4.78 is 5.52. The van der Waals surface area contributed by atoms with Crippen LogP contribution in [0.1, 0.15) is 23.3 Å². The molecule has 0 saturated carbocycles. The smallest absolute Gasteiger partial charge is 0.101 e. The molecule has 2 aromatic carbocycles. The third-order valence-corrected chi connectivity index (χ3v) is 3.32. The summed E-state index contributed by atoms with van der Waals surface area (Å²) in [6, 6.07) is 17.2. The zero-order valence-electron chi connectivity index (χ0n) is 10.2. The number of nitrogens with two attached hydrogens (primary N) is 1. The van der Waals surface area contributed by atoms with E-state index in [9.17, 15) is 0 Å². The fourth-order valence-electron chi connectivity index (χ4n) is 2.04. The molecule has 18 heavy (non-hydrogen) atoms. The molecular weight excluding hydrogens is 246 g/mol. The van der Waals surface area contributed by atoms with Gasteiger partial charge in [-0.15, -0.1) is 0 Å². The Morgan fingerprint density at radius 3 is 2.22 bits per heavy atom. The molecule has 0 aliphatic heterocycles. The standard InChI is InChI=1S/C15H16ClNO/c1-18-15(11-7-3-2-4-8-11)14(17)12-9-5-6-10-13(12)16/h2-10,14-15H,17H2,1H3. The lowest BCUT2D eigenvalue weighted by Crippen LogP contribution is -2.21. The normalized spacial score (nSPS) is 14.2. The molecule has 0 spiro atoms. The molecule has 2 nitrogen and oxygen atoms in total. The number of ether oxygens (including phenoxy) is 1. The van der Waals surface area contributed by atoms with Crippen molar-refractivity contribution in [3.63, 3.8) is 0 Å². The van der Waals surface area contributed by atoms with Crippen LogP contribution < -0.4 is 5.73 Å². The fourth-order valence-corrected chi connectivity index (χ4v) is 2.30. The molecule has 0 aliphatic carbocycles. The minimum atomic E-state index is -0.286. The SMILES string of the molecule is COC(c1ccccc1)C(N)c1ccccc1Cl. The van der Waals surface area contributed by atoms with Crippen LogP contribution in [-0.2, 0) is 4.74 Å². The first-order valence-corrected chi connectivity index (χ1v) is 6.19. The lowest BCUT2D eigenvalue weighted by molar-refractivity contribution is 0.0802. The van der Waals surface area contributed by atoms with Gasteiger partial charge in [-0.1, -0.05) is 60.1 Å². The highest BCUT2D eigenvalue weighted by Crippen LogP contribution is 2.32. The highest BCUT2D eigenvalue weighted by molar-refractivity contribution is 6.31. The third kappa shape index (κ3) is 2.72. The highest BCUT2D eigenvalue weighted by atomic mass is 35.5. The van der Waals surface area contributed by atoms with Gasteiger partial charge >= 0.3 is 0 Å². The van der Waals surface area contributed by atoms with Crippen LogP contribution in [0.25, 0.3) is 0 Å². The summed E-state index contributed by atoms with van der Waals surface area (Å²) in [5, 5.41) is 0.669. The average Bonchev–Trinajstić information content (AvgIpc) is 2.41. The van der Waals surface area contributed by atoms with Gasteiger partial charge in [0.15, 0.2) is 0 Å². The summed E-state index contributed by atoms with van der Waals surface area (Å²) in [5.41, 5.74) is 8.22. The summed E-state index contributed by atoms with van der Waals surface area (Å²) >= 11 is 6.17. The Bertz CT molecular complexity index is 501. The van der Waals surface area contributed by atoms with Crippen molar-refractivity contribution in [1.82, 2.24) is 0 Å². The second kappa shape index (κ2) is 6.01. The number of methoxy groups -OCH3 is 1. The van der Waals surface area contributed by atoms with E-state index in [1.165, 1.54) is 0 Å². The van der Waals surface area contributed by atoms with Crippen molar-refractivity contribution >= 4 is 11.6 Å². The van der Waals surface area contributed by atoms with Crippen molar-refractivity contribution in [1.29, 1.82) is 0 Å². The molecule has 0 saturated heterocycles. The second-order valence-electron chi connectivity index (χ2n) is 4.11. The van der Waals surface area contributed by atoms with Gasteiger partial charge in [-0.25, -0.2) is 0 Å². The van der Waals surface area contributed by atoms with E-state index < -0.39 is 0 Å². The van der Waals surface area contributed by atoms with Gasteiger partial charge in [0.1, 0.15) is 6.10 Å². The topological polar surface area (TPSA) is 35.2 Å². The quantitative estimate of drug-likeness (QED) is 0.910. The number of benzene rings is 2. The number of hydrogen-bond acceptors (Lipinski definition) is 2. The first-order valence-electron chi connectivity index (χ1n) is 5.81. The van der Waals surface area contributed by atoms with Crippen molar-refractivity contribution in [3.8, 4) is 0 Å². The second-order valence-corrected chi connectivity index (χ2v) is 4.52. The zero-order valence-corrected chi connectivity index (χ0v) is 11.0. The third-order valence-electron chi connectivity index (χ3n) is 2.97. The molecule has 0 bridgehead atoms. The molecule has 2 unspecified atom stereocenters. The van der Waals surface area contributed by atoms with Crippen LogP contribution in [-0.4, -0.2) is 7.11 Å². The van der Waals surface area contributed by atoms with Gasteiger partial charge in [-0.2, -0.15) is 0 Å². The van der Waals surface area contributed by atoms with Crippen molar-refractivity contribution in [2.75, 3.05) is 7.11 Å². The summed E-state index contributed by atoms with van der Waals surface area (Å²) in [6.45, 7) is 0. The van der Waals surface area contributed by atoms with Crippen molar-refractivity contribution in [3.05, 3.63) is 70.7 Å². The Balaban J connectivity index is 2.32. The van der Waals surface area contributed by atoms with Gasteiger partial charge in [-0.05, 0) is 17.2 Å². The van der Waals surface area contributed by atoms with Crippen molar-refractivity contribution < 1.29 is 4.74 Å². The molecule has 3 heteroatoms. The number of halogens is 1. The Labute approximate surface area is 112 Å². The molecule has 0 radical (unpaired) electrons. The summed E-state index contributed by atoms with van der Waals surface area (Å²) in [5.74, 6) is 0. The molecule has 0 aromatic heterocycles. The Kier molecular flexibility index (Phi) is 4.37. The molecule has 2 N–H and O–H groups in total. The molecule has 2 aromatic rings. The minimum absolute atomic E-state index is 0.203. The van der Waals surface area contributed by atoms with E-state index in [2.05, 4.69) is 0 Å². The average molecular weight is 262 g/mol. The van der Waals surface area contributed by atoms with Gasteiger partial charge in [-0.3, -0.25) is 0 Å². The molecular formula is C15H16ClNO. The Morgan fingerprint density at radius 2 is 1.61 bits per heavy atom. The van der Waals surface area contributed by atoms with Gasteiger partial charge in [0.25, 0.3) is 0 Å². The summed E-state index contributed by atoms with van der Waals surface area (Å²) in [6.07, 6.45) is -0.203. The van der Waals surface area contributed by atoms with Crippen LogP contribution in [0.3, 0.4) is 0 Å². The van der Waals surface area contributed by atoms with E-state index >= 15 is 0 Å². The first-order chi connectivity index (χ1) is 8.74. The Morgan fingerprint density at radius 1 is 1.00 bits per heavy atom. The largest absolute Gasteiger partial charge is 0.375 e. The fraction of sp³-hybridized carbons (Fsp3) is 0.200. The van der Waals surface area contributed by atoms with Crippen LogP contribution in [0.15, 0.2) is 54.6 Å². The predicted octanol–water partition coefficient (Wildman–Crippen LogP) is 3.73. The van der Waals surface area contributed by atoms with E-state index in [0.717, 1.165) is 11.1 Å². The summed E-state index contributed by atoms with van der Waals surface area (Å²) in [4.78, 5) is 0. The van der Waals surface area contributed by atoms with E-state index in [-0.39, 0.29) is 12.1 Å². The van der Waals surface area contributed by atoms with Crippen LogP contribution in [0.2, 0.25) is 5.02 Å². The number of rotatable bonds is 4. The molecule has 0 fully saturated rings. The molecule has 0 aliphatic rings. The number of hydrogen-bond donors (Lipinski definition) is 1. The summed E-state index contributed by atoms with van der Waals surface area (Å²) in [7, 11) is 1.66. The maximum Gasteiger partial charge on any atom is 0.101 e. The molecule has 0 heterocycles. The highest BCUT2D eigenvalue weighted by Gasteiger charge is 2.22. The van der Waals surface area contributed by atoms with Crippen molar-refractivity contribution in [2.24, 2.45) is 5.73 Å². The predicted molar refractivity (Wildman–Crippen MR) is 74.6 cm³/mol. The van der Waals surface area contributed by atoms with Gasteiger partial charge in [0.05, 0.1) is 6.04 Å². The molecule has 2 atom stereocenters. The van der Waals surface area contributed by atoms with E-state index in [1.54, 1.807) is 7.11 Å². The molecule has 0 amide bonds. The van der Waals surface area contributed by atoms with E-state index in [4.69, 9.17) is 22.1 Å². The van der Waals surface area contributed by atoms with E-state index in [0.29, 0.717) is 5.02 Å². The molecule has 2 rings (SSSR count). The monoisotopic (exact) mass is 261 g/mol. The first kappa shape index (κ1) is 13.1. The van der Waals surface area contributed by atoms with E-state index in [1.807, 2.05) is 54.6 Å². The van der Waals surface area contributed by atoms with Gasteiger partial charge in [0.2, 0.25) is 0 Å². The maximum absolute atomic E-state index is 6.27. The van der Waals surface area contributed by atoms with Crippen LogP contribution >= 0.6 is 11.6 Å². The molecule has 94 valence electrons. The van der Waals surface area contributed by atoms with Crippen molar-refractivity contribution in [2.45, 2.75) is 12.1 Å². The zero-order chi connectivity index (χ0) is 13.0. The minimum Gasteiger partial charge on any atom is -0.375 e. The Hall–Kier alpha value is -1.35. The van der Waals surface area contributed by atoms with Gasteiger partial charge < -0.3 is 10.5 Å². The van der Waals surface area contributed by atoms with Crippen LogP contribution in [0, 0.1) is 0 Å². The lowest BCUT2D eigenvalue weighted by atomic mass is 9.96. The maximum atomic E-state index is 6.27. The van der Waals surface area contributed by atoms with Crippen LogP contribution in [0.4, 0.5) is 0 Å². The lowest BCUT2D eigenvalue weighted by Gasteiger charge is -2.24. The van der Waals surface area contributed by atoms with Gasteiger partial charge in [0, 0.05) is 12.1 Å².